The van der Waals surface area contributed by atoms with Gasteiger partial charge < -0.3 is 5.11 Å². The maximum absolute atomic E-state index is 10.8. The van der Waals surface area contributed by atoms with Gasteiger partial charge >= 0.3 is 35.5 Å². The molecule has 74 valence electrons. The molecule has 0 saturated heterocycles. The minimum atomic E-state index is -1.14. The van der Waals surface area contributed by atoms with Crippen LogP contribution in [0.25, 0.3) is 10.9 Å². The Morgan fingerprint density at radius 2 is 1.93 bits per heavy atom. The Balaban J connectivity index is 0.00000112. The van der Waals surface area contributed by atoms with E-state index in [1.54, 1.807) is 24.3 Å². The van der Waals surface area contributed by atoms with Gasteiger partial charge in [-0.3, -0.25) is 0 Å². The van der Waals surface area contributed by atoms with Crippen LogP contribution in [0.1, 0.15) is 10.5 Å². The predicted molar refractivity (Wildman–Crippen MR) is 62.3 cm³/mol. The normalized spacial score (nSPS) is 10.0. The summed E-state index contributed by atoms with van der Waals surface area (Å²) < 4.78 is 1.06. The number of rotatable bonds is 1. The Morgan fingerprint density at radius 3 is 2.47 bits per heavy atom. The zero-order valence-corrected chi connectivity index (χ0v) is 8.38. The molecule has 0 aliphatic heterocycles. The second-order valence-corrected chi connectivity index (χ2v) is 3.48. The molecule has 2 rings (SSSR count). The molecule has 1 aromatic heterocycles. The Labute approximate surface area is 118 Å². The summed E-state index contributed by atoms with van der Waals surface area (Å²) in [4.78, 5) is 10.8. The van der Waals surface area contributed by atoms with E-state index in [0.717, 1.165) is 4.09 Å². The van der Waals surface area contributed by atoms with Crippen molar-refractivity contribution in [2.75, 3.05) is 0 Å². The Kier molecular flexibility index (Phi) is 4.09. The SMILES string of the molecule is O=C(O)c1c(Cl)c2ccccc2n1Cl.[NaH]. The fraction of sp³-hybridized carbons (Fsp3) is 0. The number of benzene rings is 1. The van der Waals surface area contributed by atoms with E-state index in [0.29, 0.717) is 10.9 Å². The monoisotopic (exact) mass is 253 g/mol. The fourth-order valence-electron chi connectivity index (χ4n) is 1.34. The van der Waals surface area contributed by atoms with Crippen molar-refractivity contribution in [3.05, 3.63) is 35.0 Å². The third-order valence-electron chi connectivity index (χ3n) is 1.96. The van der Waals surface area contributed by atoms with Gasteiger partial charge in [-0.25, -0.2) is 8.88 Å². The van der Waals surface area contributed by atoms with Crippen molar-refractivity contribution in [1.29, 1.82) is 0 Å². The van der Waals surface area contributed by atoms with Gasteiger partial charge in [-0.2, -0.15) is 0 Å². The van der Waals surface area contributed by atoms with Crippen LogP contribution in [0.2, 0.25) is 5.02 Å². The summed E-state index contributed by atoms with van der Waals surface area (Å²) in [5.41, 5.74) is 0.492. The van der Waals surface area contributed by atoms with Crippen molar-refractivity contribution in [3.63, 3.8) is 0 Å². The molecule has 0 aliphatic rings. The van der Waals surface area contributed by atoms with Gasteiger partial charge in [0.1, 0.15) is 0 Å². The molecule has 0 unspecified atom stereocenters. The Hall–Kier alpha value is -0.190. The van der Waals surface area contributed by atoms with E-state index >= 15 is 0 Å². The van der Waals surface area contributed by atoms with Crippen LogP contribution in [0.5, 0.6) is 0 Å². The molecule has 2 aromatic rings. The maximum atomic E-state index is 10.8. The number of halogens is 2. The molecule has 3 nitrogen and oxygen atoms in total. The van der Waals surface area contributed by atoms with Crippen LogP contribution in [0.15, 0.2) is 24.3 Å². The van der Waals surface area contributed by atoms with Gasteiger partial charge in [0.2, 0.25) is 0 Å². The second kappa shape index (κ2) is 4.76. The van der Waals surface area contributed by atoms with Crippen LogP contribution in [0.3, 0.4) is 0 Å². The number of aromatic nitrogens is 1. The average Bonchev–Trinajstić information content (AvgIpc) is 2.41. The summed E-state index contributed by atoms with van der Waals surface area (Å²) in [6.45, 7) is 0. The summed E-state index contributed by atoms with van der Waals surface area (Å²) in [7, 11) is 0. The summed E-state index contributed by atoms with van der Waals surface area (Å²) in [5.74, 6) is -1.14. The average molecular weight is 254 g/mol. The number of hydrogen-bond donors (Lipinski definition) is 1. The third-order valence-corrected chi connectivity index (χ3v) is 2.69. The van der Waals surface area contributed by atoms with E-state index < -0.39 is 5.97 Å². The van der Waals surface area contributed by atoms with E-state index in [2.05, 4.69) is 0 Å². The van der Waals surface area contributed by atoms with Crippen LogP contribution in [-0.4, -0.2) is 44.7 Å². The van der Waals surface area contributed by atoms with Crippen molar-refractivity contribution in [2.45, 2.75) is 0 Å². The molecule has 0 bridgehead atoms. The van der Waals surface area contributed by atoms with E-state index in [9.17, 15) is 4.79 Å². The molecule has 0 radical (unpaired) electrons. The third kappa shape index (κ3) is 2.03. The van der Waals surface area contributed by atoms with Gasteiger partial charge in [0.25, 0.3) is 0 Å². The number of hydrogen-bond acceptors (Lipinski definition) is 1. The van der Waals surface area contributed by atoms with Crippen LogP contribution >= 0.6 is 23.4 Å². The number of nitrogens with zero attached hydrogens (tertiary/aromatic N) is 1. The minimum absolute atomic E-state index is 0. The van der Waals surface area contributed by atoms with Gasteiger partial charge in [-0.05, 0) is 6.07 Å². The first-order valence-corrected chi connectivity index (χ1v) is 4.53. The number of para-hydroxylation sites is 1. The van der Waals surface area contributed by atoms with Crippen LogP contribution in [0, 0.1) is 0 Å². The zero-order valence-electron chi connectivity index (χ0n) is 6.87. The summed E-state index contributed by atoms with van der Waals surface area (Å²) in [6.07, 6.45) is 0. The van der Waals surface area contributed by atoms with E-state index in [-0.39, 0.29) is 40.3 Å². The summed E-state index contributed by atoms with van der Waals surface area (Å²) >= 11 is 11.7. The molecule has 6 heteroatoms. The number of aromatic carboxylic acids is 1. The summed E-state index contributed by atoms with van der Waals surface area (Å²) in [6, 6.07) is 6.98. The number of carboxylic acid groups (broad SMARTS) is 1. The Bertz CT molecular complexity index is 485. The first-order chi connectivity index (χ1) is 6.63. The van der Waals surface area contributed by atoms with E-state index in [4.69, 9.17) is 28.5 Å². The Morgan fingerprint density at radius 1 is 1.33 bits per heavy atom. The quantitative estimate of drug-likeness (QED) is 0.793. The van der Waals surface area contributed by atoms with Crippen molar-refractivity contribution < 1.29 is 9.90 Å². The molecule has 0 spiro atoms. The van der Waals surface area contributed by atoms with Gasteiger partial charge in [0, 0.05) is 17.2 Å². The van der Waals surface area contributed by atoms with Crippen LogP contribution in [-0.2, 0) is 0 Å². The molecule has 1 heterocycles. The van der Waals surface area contributed by atoms with Crippen LogP contribution in [0.4, 0.5) is 0 Å². The van der Waals surface area contributed by atoms with E-state index in [1.165, 1.54) is 0 Å². The molecule has 0 amide bonds. The predicted octanol–water partition coefficient (Wildman–Crippen LogP) is 2.35. The molecular weight excluding hydrogens is 248 g/mol. The molecule has 15 heavy (non-hydrogen) atoms. The van der Waals surface area contributed by atoms with Gasteiger partial charge in [-0.1, -0.05) is 29.8 Å². The van der Waals surface area contributed by atoms with Gasteiger partial charge in [0.05, 0.1) is 10.5 Å². The van der Waals surface area contributed by atoms with Crippen molar-refractivity contribution in [1.82, 2.24) is 4.09 Å². The van der Waals surface area contributed by atoms with Crippen molar-refractivity contribution in [2.24, 2.45) is 0 Å². The van der Waals surface area contributed by atoms with Gasteiger partial charge in [-0.15, -0.1) is 0 Å². The fourth-order valence-corrected chi connectivity index (χ4v) is 2.02. The molecular formula is C9H6Cl2NNaO2. The summed E-state index contributed by atoms with van der Waals surface area (Å²) in [5, 5.41) is 9.67. The van der Waals surface area contributed by atoms with Gasteiger partial charge in [0.15, 0.2) is 5.69 Å². The zero-order chi connectivity index (χ0) is 10.3. The molecule has 0 saturated carbocycles. The molecule has 0 fully saturated rings. The number of carboxylic acids is 1. The number of carbonyl (C=O) groups is 1. The van der Waals surface area contributed by atoms with Crippen molar-refractivity contribution in [3.8, 4) is 0 Å². The number of fused-ring (bicyclic) bond motifs is 1. The molecule has 0 aliphatic carbocycles. The van der Waals surface area contributed by atoms with E-state index in [1.807, 2.05) is 0 Å². The van der Waals surface area contributed by atoms with Crippen molar-refractivity contribution >= 4 is 69.8 Å². The topological polar surface area (TPSA) is 42.2 Å². The molecule has 0 atom stereocenters. The van der Waals surface area contributed by atoms with Crippen LogP contribution < -0.4 is 0 Å². The first-order valence-electron chi connectivity index (χ1n) is 3.81. The molecule has 1 aromatic carbocycles. The standard InChI is InChI=1S/C9H5Cl2NO2.Na.H/c10-7-5-3-1-2-4-6(5)12(11)8(7)9(13)14;;/h1-4H,(H,13,14);;. The second-order valence-electron chi connectivity index (χ2n) is 2.77. The molecule has 1 N–H and O–H groups in total. The first kappa shape index (κ1) is 12.9.